The van der Waals surface area contributed by atoms with Crippen LogP contribution in [0.4, 0.5) is 0 Å². The number of rotatable bonds is 7. The zero-order chi connectivity index (χ0) is 16.5. The van der Waals surface area contributed by atoms with Gasteiger partial charge in [0.05, 0.1) is 12.7 Å². The molecule has 1 fully saturated rings. The van der Waals surface area contributed by atoms with Crippen molar-refractivity contribution in [3.63, 3.8) is 0 Å². The molecule has 1 aromatic carbocycles. The molecule has 0 atom stereocenters. The van der Waals surface area contributed by atoms with Crippen molar-refractivity contribution in [3.05, 3.63) is 33.8 Å². The van der Waals surface area contributed by atoms with Crippen molar-refractivity contribution in [2.45, 2.75) is 25.8 Å². The monoisotopic (exact) mass is 387 g/mol. The number of Topliss-reactive ketones (excluding diaryl/α,β-unsaturated/α-hetero) is 2. The topological polar surface area (TPSA) is 71.5 Å². The summed E-state index contributed by atoms with van der Waals surface area (Å²) in [7, 11) is -1.88. The fourth-order valence-electron chi connectivity index (χ4n) is 2.13. The third kappa shape index (κ3) is 4.47. The number of halogens is 1. The first-order chi connectivity index (χ1) is 10.2. The summed E-state index contributed by atoms with van der Waals surface area (Å²) in [6.45, 7) is 0.0942. The lowest BCUT2D eigenvalue weighted by molar-refractivity contribution is -0.119. The maximum atomic E-state index is 12.3. The fourth-order valence-corrected chi connectivity index (χ4v) is 2.91. The van der Waals surface area contributed by atoms with E-state index in [0.717, 1.165) is 23.6 Å². The molecule has 1 aliphatic rings. The lowest BCUT2D eigenvalue weighted by Crippen LogP contribution is -2.26. The minimum atomic E-state index is -3.34. The molecule has 0 aromatic heterocycles. The fraction of sp³-hybridized carbons (Fsp3) is 0.467. The van der Waals surface area contributed by atoms with Crippen molar-refractivity contribution < 1.29 is 18.0 Å². The first kappa shape index (κ1) is 17.3. The number of benzene rings is 1. The van der Waals surface area contributed by atoms with Crippen molar-refractivity contribution in [2.75, 3.05) is 13.3 Å². The molecule has 0 bridgehead atoms. The van der Waals surface area contributed by atoms with Gasteiger partial charge in [0.1, 0.15) is 5.78 Å². The third-order valence-electron chi connectivity index (χ3n) is 3.69. The maximum absolute atomic E-state index is 12.3. The van der Waals surface area contributed by atoms with Crippen LogP contribution in [0.5, 0.6) is 0 Å². The van der Waals surface area contributed by atoms with Crippen LogP contribution in [0.1, 0.15) is 35.2 Å². The van der Waals surface area contributed by atoms with Crippen LogP contribution in [0.2, 0.25) is 0 Å². The van der Waals surface area contributed by atoms with Gasteiger partial charge in [-0.3, -0.25) is 9.59 Å². The Bertz CT molecular complexity index is 710. The number of nitrogens with zero attached hydrogens (tertiary/aromatic N) is 1. The summed E-state index contributed by atoms with van der Waals surface area (Å²) in [6.07, 6.45) is 2.75. The number of hydrogen-bond donors (Lipinski definition) is 0. The molecule has 0 unspecified atom stereocenters. The van der Waals surface area contributed by atoms with Crippen molar-refractivity contribution in [3.8, 4) is 0 Å². The predicted octanol–water partition coefficient (Wildman–Crippen LogP) is 2.39. The average molecular weight is 388 g/mol. The normalized spacial score (nSPS) is 15.1. The second-order valence-electron chi connectivity index (χ2n) is 5.66. The van der Waals surface area contributed by atoms with Crippen LogP contribution in [0.15, 0.2) is 22.7 Å². The lowest BCUT2D eigenvalue weighted by atomic mass is 9.99. The highest BCUT2D eigenvalue weighted by molar-refractivity contribution is 9.10. The van der Waals surface area contributed by atoms with Crippen LogP contribution < -0.4 is 0 Å². The quantitative estimate of drug-likeness (QED) is 0.531. The molecule has 0 radical (unpaired) electrons. The standard InChI is InChI=1S/C15H18BrNO4S/c1-17(22(2,20)21)9-11-7-12(16)5-6-13(11)15(19)8-14(18)10-3-4-10/h5-7,10H,3-4,8-9H2,1-2H3. The van der Waals surface area contributed by atoms with E-state index in [2.05, 4.69) is 15.9 Å². The van der Waals surface area contributed by atoms with Crippen LogP contribution in [0, 0.1) is 5.92 Å². The van der Waals surface area contributed by atoms with Crippen molar-refractivity contribution in [1.29, 1.82) is 0 Å². The molecule has 0 heterocycles. The van der Waals surface area contributed by atoms with Crippen LogP contribution in [-0.2, 0) is 21.4 Å². The Kier molecular flexibility index (Phi) is 5.19. The SMILES string of the molecule is CN(Cc1cc(Br)ccc1C(=O)CC(=O)C1CC1)S(C)(=O)=O. The molecule has 0 saturated heterocycles. The predicted molar refractivity (Wildman–Crippen MR) is 87.1 cm³/mol. The van der Waals surface area contributed by atoms with E-state index in [1.165, 1.54) is 11.4 Å². The van der Waals surface area contributed by atoms with Crippen LogP contribution in [-0.4, -0.2) is 37.6 Å². The molecule has 5 nitrogen and oxygen atoms in total. The summed E-state index contributed by atoms with van der Waals surface area (Å²) >= 11 is 3.32. The highest BCUT2D eigenvalue weighted by Crippen LogP contribution is 2.31. The lowest BCUT2D eigenvalue weighted by Gasteiger charge is -2.16. The largest absolute Gasteiger partial charge is 0.299 e. The van der Waals surface area contributed by atoms with Gasteiger partial charge in [-0.05, 0) is 36.6 Å². The van der Waals surface area contributed by atoms with Crippen LogP contribution in [0.3, 0.4) is 0 Å². The number of carbonyl (C=O) groups excluding carboxylic acids is 2. The van der Waals surface area contributed by atoms with E-state index in [9.17, 15) is 18.0 Å². The second-order valence-corrected chi connectivity index (χ2v) is 8.67. The van der Waals surface area contributed by atoms with Gasteiger partial charge in [-0.25, -0.2) is 12.7 Å². The van der Waals surface area contributed by atoms with E-state index in [1.54, 1.807) is 18.2 Å². The summed E-state index contributed by atoms with van der Waals surface area (Å²) in [5.74, 6) is -0.224. The molecule has 0 N–H and O–H groups in total. The Morgan fingerprint density at radius 1 is 1.32 bits per heavy atom. The van der Waals surface area contributed by atoms with E-state index in [1.807, 2.05) is 0 Å². The Hall–Kier alpha value is -1.05. The molecule has 1 aliphatic carbocycles. The van der Waals surface area contributed by atoms with Crippen molar-refractivity contribution in [2.24, 2.45) is 5.92 Å². The summed E-state index contributed by atoms with van der Waals surface area (Å²) in [5, 5.41) is 0. The number of hydrogen-bond acceptors (Lipinski definition) is 4. The van der Waals surface area contributed by atoms with Gasteiger partial charge in [-0.2, -0.15) is 0 Å². The van der Waals surface area contributed by atoms with Gasteiger partial charge in [0, 0.05) is 29.5 Å². The molecule has 7 heteroatoms. The smallest absolute Gasteiger partial charge is 0.211 e. The van der Waals surface area contributed by atoms with Crippen LogP contribution in [0.25, 0.3) is 0 Å². The van der Waals surface area contributed by atoms with Gasteiger partial charge in [-0.15, -0.1) is 0 Å². The first-order valence-electron chi connectivity index (χ1n) is 6.94. The Morgan fingerprint density at radius 3 is 2.50 bits per heavy atom. The highest BCUT2D eigenvalue weighted by atomic mass is 79.9. The van der Waals surface area contributed by atoms with E-state index in [4.69, 9.17) is 0 Å². The minimum Gasteiger partial charge on any atom is -0.299 e. The second kappa shape index (κ2) is 6.60. The average Bonchev–Trinajstić information content (AvgIpc) is 3.21. The van der Waals surface area contributed by atoms with E-state index in [0.29, 0.717) is 11.1 Å². The maximum Gasteiger partial charge on any atom is 0.211 e. The van der Waals surface area contributed by atoms with Crippen LogP contribution >= 0.6 is 15.9 Å². The number of sulfonamides is 1. The molecule has 1 saturated carbocycles. The van der Waals surface area contributed by atoms with Crippen molar-refractivity contribution >= 4 is 37.5 Å². The number of carbonyl (C=O) groups is 2. The van der Waals surface area contributed by atoms with Crippen molar-refractivity contribution in [1.82, 2.24) is 4.31 Å². The number of ketones is 2. The molecule has 120 valence electrons. The zero-order valence-corrected chi connectivity index (χ0v) is 14.9. The Morgan fingerprint density at radius 2 is 1.95 bits per heavy atom. The van der Waals surface area contributed by atoms with Gasteiger partial charge in [-0.1, -0.05) is 15.9 Å². The van der Waals surface area contributed by atoms with Gasteiger partial charge < -0.3 is 0 Å². The molecule has 1 aromatic rings. The summed E-state index contributed by atoms with van der Waals surface area (Å²) in [6, 6.07) is 5.08. The summed E-state index contributed by atoms with van der Waals surface area (Å²) < 4.78 is 25.0. The molecule has 0 amide bonds. The van der Waals surface area contributed by atoms with E-state index in [-0.39, 0.29) is 30.4 Å². The molecule has 22 heavy (non-hydrogen) atoms. The Balaban J connectivity index is 2.23. The van der Waals surface area contributed by atoms with Gasteiger partial charge in [0.2, 0.25) is 10.0 Å². The van der Waals surface area contributed by atoms with Gasteiger partial charge in [0.25, 0.3) is 0 Å². The summed E-state index contributed by atoms with van der Waals surface area (Å²) in [5.41, 5.74) is 1.00. The summed E-state index contributed by atoms with van der Waals surface area (Å²) in [4.78, 5) is 24.2. The highest BCUT2D eigenvalue weighted by Gasteiger charge is 2.31. The van der Waals surface area contributed by atoms with Gasteiger partial charge in [0.15, 0.2) is 5.78 Å². The molecule has 0 spiro atoms. The molecular weight excluding hydrogens is 370 g/mol. The van der Waals surface area contributed by atoms with Gasteiger partial charge >= 0.3 is 0 Å². The first-order valence-corrected chi connectivity index (χ1v) is 9.58. The van der Waals surface area contributed by atoms with E-state index >= 15 is 0 Å². The Labute approximate surface area is 138 Å². The molecule has 0 aliphatic heterocycles. The minimum absolute atomic E-state index is 0.0182. The molecular formula is C15H18BrNO4S. The van der Waals surface area contributed by atoms with E-state index < -0.39 is 10.0 Å². The molecule has 2 rings (SSSR count). The zero-order valence-electron chi connectivity index (χ0n) is 12.5. The third-order valence-corrected chi connectivity index (χ3v) is 5.45.